The molecule has 0 atom stereocenters. The molecule has 0 bridgehead atoms. The summed E-state index contributed by atoms with van der Waals surface area (Å²) < 4.78 is 0. The number of hydrogen-bond acceptors (Lipinski definition) is 5. The van der Waals surface area contributed by atoms with E-state index in [1.807, 2.05) is 0 Å². The van der Waals surface area contributed by atoms with Crippen molar-refractivity contribution in [1.29, 1.82) is 0 Å². The second kappa shape index (κ2) is 69.8. The van der Waals surface area contributed by atoms with Crippen LogP contribution >= 0.6 is 0 Å². The normalized spacial score (nSPS) is 4.44. The van der Waals surface area contributed by atoms with Crippen molar-refractivity contribution in [3.63, 3.8) is 0 Å². The number of carbonyl (C=O) groups is 5. The molecule has 0 aromatic carbocycles. The van der Waals surface area contributed by atoms with Crippen molar-refractivity contribution in [2.75, 3.05) is 0 Å². The van der Waals surface area contributed by atoms with Crippen molar-refractivity contribution >= 4 is 182 Å². The van der Waals surface area contributed by atoms with Gasteiger partial charge in [-0.2, -0.15) is 0 Å². The maximum atomic E-state index is 8.56. The Kier molecular flexibility index (Phi) is 199. The zero-order chi connectivity index (χ0) is 17.9. The zero-order valence-corrected chi connectivity index (χ0v) is 29.7. The van der Waals surface area contributed by atoms with Crippen LogP contribution < -0.4 is 88.7 Å². The van der Waals surface area contributed by atoms with Crippen molar-refractivity contribution in [1.82, 2.24) is 0 Å². The van der Waals surface area contributed by atoms with Crippen LogP contribution in [0.4, 0.5) is 24.0 Å². The molecule has 0 fully saturated rings. The van der Waals surface area contributed by atoms with Crippen LogP contribution in [0.25, 0.3) is 0 Å². The molecule has 10 N–H and O–H groups in total. The smallest absolute Gasteiger partial charge is 1.00 e. The van der Waals surface area contributed by atoms with Gasteiger partial charge in [0, 0.05) is 0 Å². The van der Waals surface area contributed by atoms with Crippen molar-refractivity contribution in [2.24, 2.45) is 0 Å². The first kappa shape index (κ1) is 77.1. The molecule has 0 aliphatic carbocycles. The molecule has 142 valence electrons. The average molecular weight is 550 g/mol. The Bertz CT molecular complexity index is 263. The number of rotatable bonds is 0. The largest absolute Gasteiger partial charge is 2.00 e. The summed E-state index contributed by atoms with van der Waals surface area (Å²) in [6.07, 6.45) is -9.17. The van der Waals surface area contributed by atoms with Gasteiger partial charge in [0.05, 0.1) is 0 Å². The van der Waals surface area contributed by atoms with Gasteiger partial charge in [-0.05, 0) is 0 Å². The predicted octanol–water partition coefficient (Wildman–Crippen LogP) is -8.16. The summed E-state index contributed by atoms with van der Waals surface area (Å²) in [4.78, 5) is 42.8. The molecule has 0 saturated carbocycles. The fraction of sp³-hybridized carbons (Fsp3) is 0. The molecular weight excluding hydrogens is 529 g/mol. The number of hydrogen-bond donors (Lipinski definition) is 10. The van der Waals surface area contributed by atoms with Crippen LogP contribution in [0.15, 0.2) is 0 Å². The molecule has 0 rings (SSSR count). The molecular formula is C5H21Ca4Na3O15. The summed E-state index contributed by atoms with van der Waals surface area (Å²) in [6.45, 7) is 0. The Balaban J connectivity index is -0.00000000315. The van der Waals surface area contributed by atoms with Gasteiger partial charge in [0.1, 0.15) is 0 Å². The standard InChI is InChI=1S/5CH2O3.4Ca.3Na.11H/c5*2-1(3)4;;;;;;;;;;;;;;;;;;/h5*(H2,2,3,4);;;;;;;;;;;;;;;;;;/q;;;;;4*+2;3*+1;11*-1. The minimum atomic E-state index is -1.83. The summed E-state index contributed by atoms with van der Waals surface area (Å²) in [5, 5.41) is 69.7. The first-order valence-corrected chi connectivity index (χ1v) is 3.26. The van der Waals surface area contributed by atoms with Gasteiger partial charge in [-0.15, -0.1) is 0 Å². The fourth-order valence-corrected chi connectivity index (χ4v) is 0. The van der Waals surface area contributed by atoms with Crippen molar-refractivity contribution in [3.8, 4) is 0 Å². The third kappa shape index (κ3) is 1270. The van der Waals surface area contributed by atoms with Gasteiger partial charge >= 0.3 is 270 Å². The maximum Gasteiger partial charge on any atom is 2.00 e. The van der Waals surface area contributed by atoms with E-state index in [0.29, 0.717) is 0 Å². The van der Waals surface area contributed by atoms with Gasteiger partial charge in [0.2, 0.25) is 0 Å². The molecule has 0 aliphatic heterocycles. The molecule has 0 aromatic rings. The molecule has 0 radical (unpaired) electrons. The SMILES string of the molecule is O=C(O)O.O=C(O)O.O=C(O)O.O=C(O)O.O=C(O)O.[Ca+2].[Ca+2].[Ca+2].[Ca+2].[H-].[H-].[H-].[H-].[H-].[H-].[H-].[H-].[H-].[H-].[H-].[Na+].[Na+].[Na+]. The van der Waals surface area contributed by atoms with Crippen LogP contribution in [0.5, 0.6) is 0 Å². The van der Waals surface area contributed by atoms with Gasteiger partial charge in [-0.3, -0.25) is 0 Å². The molecule has 15 nitrogen and oxygen atoms in total. The summed E-state index contributed by atoms with van der Waals surface area (Å²) >= 11 is 0. The Hall–Kier alpha value is 4.39. The van der Waals surface area contributed by atoms with E-state index in [-0.39, 0.29) is 255 Å². The molecule has 0 aliphatic rings. The van der Waals surface area contributed by atoms with E-state index in [4.69, 9.17) is 75.0 Å². The molecule has 0 unspecified atom stereocenters. The quantitative estimate of drug-likeness (QED) is 0.125. The molecule has 0 amide bonds. The number of carboxylic acid groups (broad SMARTS) is 10. The third-order valence-electron chi connectivity index (χ3n) is 0. The monoisotopic (exact) mass is 550 g/mol. The Labute approximate surface area is 353 Å². The Morgan fingerprint density at radius 2 is 0.333 bits per heavy atom. The second-order valence-electron chi connectivity index (χ2n) is 1.41. The fourth-order valence-electron chi connectivity index (χ4n) is 0. The van der Waals surface area contributed by atoms with Crippen molar-refractivity contribution in [3.05, 3.63) is 0 Å². The Morgan fingerprint density at radius 1 is 0.333 bits per heavy atom. The van der Waals surface area contributed by atoms with Gasteiger partial charge in [0.15, 0.2) is 0 Å². The molecule has 27 heavy (non-hydrogen) atoms. The van der Waals surface area contributed by atoms with Crippen LogP contribution in [0.2, 0.25) is 0 Å². The van der Waals surface area contributed by atoms with Gasteiger partial charge in [0.25, 0.3) is 0 Å². The molecule has 0 heterocycles. The molecule has 0 saturated heterocycles. The van der Waals surface area contributed by atoms with Crippen LogP contribution in [0, 0.1) is 0 Å². The molecule has 0 spiro atoms. The van der Waals surface area contributed by atoms with E-state index in [1.54, 1.807) is 0 Å². The first-order valence-electron chi connectivity index (χ1n) is 3.26. The van der Waals surface area contributed by atoms with Gasteiger partial charge in [-0.1, -0.05) is 0 Å². The van der Waals surface area contributed by atoms with E-state index in [1.165, 1.54) is 0 Å². The second-order valence-corrected chi connectivity index (χ2v) is 1.41. The van der Waals surface area contributed by atoms with E-state index < -0.39 is 30.8 Å². The van der Waals surface area contributed by atoms with Crippen LogP contribution in [-0.4, -0.2) is 233 Å². The van der Waals surface area contributed by atoms with Crippen LogP contribution in [0.1, 0.15) is 15.7 Å². The van der Waals surface area contributed by atoms with Gasteiger partial charge < -0.3 is 66.8 Å². The topological polar surface area (TPSA) is 288 Å². The summed E-state index contributed by atoms with van der Waals surface area (Å²) in [7, 11) is 0. The average Bonchev–Trinajstić information content (AvgIpc) is 1.94. The summed E-state index contributed by atoms with van der Waals surface area (Å²) in [5.41, 5.74) is 0. The van der Waals surface area contributed by atoms with E-state index >= 15 is 0 Å². The van der Waals surface area contributed by atoms with E-state index in [0.717, 1.165) is 0 Å². The third-order valence-corrected chi connectivity index (χ3v) is 0. The zero-order valence-electron chi connectivity index (χ0n) is 25.8. The van der Waals surface area contributed by atoms with Crippen molar-refractivity contribution < 1.29 is 179 Å². The summed E-state index contributed by atoms with van der Waals surface area (Å²) in [5.74, 6) is 0. The Morgan fingerprint density at radius 3 is 0.333 bits per heavy atom. The minimum absolute atomic E-state index is 0. The van der Waals surface area contributed by atoms with Crippen LogP contribution in [-0.2, 0) is 0 Å². The van der Waals surface area contributed by atoms with E-state index in [2.05, 4.69) is 0 Å². The first-order chi connectivity index (χ1) is 8.66. The van der Waals surface area contributed by atoms with Crippen molar-refractivity contribution in [2.45, 2.75) is 0 Å². The maximum absolute atomic E-state index is 8.56. The molecule has 22 heteroatoms. The van der Waals surface area contributed by atoms with Gasteiger partial charge in [-0.25, -0.2) is 24.0 Å². The van der Waals surface area contributed by atoms with E-state index in [9.17, 15) is 0 Å². The minimum Gasteiger partial charge on any atom is -1.00 e. The molecule has 0 aromatic heterocycles. The predicted molar refractivity (Wildman–Crippen MR) is 88.5 cm³/mol. The van der Waals surface area contributed by atoms with Crippen LogP contribution in [0.3, 0.4) is 0 Å². The summed E-state index contributed by atoms with van der Waals surface area (Å²) in [6, 6.07) is 0.